The Morgan fingerprint density at radius 2 is 1.82 bits per heavy atom. The molecule has 1 rings (SSSR count). The third kappa shape index (κ3) is 3.84. The summed E-state index contributed by atoms with van der Waals surface area (Å²) in [4.78, 5) is 0. The second kappa shape index (κ2) is 4.85. The molecule has 11 heavy (non-hydrogen) atoms. The summed E-state index contributed by atoms with van der Waals surface area (Å²) < 4.78 is 2.91. The third-order valence-corrected chi connectivity index (χ3v) is 2.64. The van der Waals surface area contributed by atoms with E-state index in [0.29, 0.717) is 0 Å². The van der Waals surface area contributed by atoms with E-state index in [1.165, 1.54) is 0 Å². The summed E-state index contributed by atoms with van der Waals surface area (Å²) in [5, 5.41) is 0. The predicted molar refractivity (Wildman–Crippen MR) is 47.6 cm³/mol. The van der Waals surface area contributed by atoms with Gasteiger partial charge in [-0.25, -0.2) is 0 Å². The molecule has 0 nitrogen and oxygen atoms in total. The van der Waals surface area contributed by atoms with E-state index in [0.717, 1.165) is 5.56 Å². The van der Waals surface area contributed by atoms with Gasteiger partial charge in [-0.1, -0.05) is 0 Å². The molecule has 60 valence electrons. The molecule has 3 heteroatoms. The van der Waals surface area contributed by atoms with Gasteiger partial charge in [0.1, 0.15) is 0 Å². The Balaban J connectivity index is 2.89. The van der Waals surface area contributed by atoms with Crippen LogP contribution in [0.25, 0.3) is 6.08 Å². The molecule has 1 aromatic rings. The number of hydrogen-bond acceptors (Lipinski definition) is 0. The molecule has 0 atom stereocenters. The van der Waals surface area contributed by atoms with Crippen LogP contribution < -0.4 is 0 Å². The molecule has 0 amide bonds. The van der Waals surface area contributed by atoms with E-state index in [2.05, 4.69) is 4.26 Å². The molecule has 1 aromatic carbocycles. The van der Waals surface area contributed by atoms with E-state index < -0.39 is 13.5 Å². The van der Waals surface area contributed by atoms with Gasteiger partial charge in [0, 0.05) is 0 Å². The summed E-state index contributed by atoms with van der Waals surface area (Å²) in [6.45, 7) is 0. The van der Waals surface area contributed by atoms with Crippen LogP contribution in [0.15, 0.2) is 30.3 Å². The fourth-order valence-corrected chi connectivity index (χ4v) is 1.58. The second-order valence-electron chi connectivity index (χ2n) is 1.84. The van der Waals surface area contributed by atoms with Gasteiger partial charge in [0.15, 0.2) is 0 Å². The van der Waals surface area contributed by atoms with Crippen molar-refractivity contribution in [3.05, 3.63) is 35.9 Å². The average molecular weight is 274 g/mol. The van der Waals surface area contributed by atoms with Crippen LogP contribution in [0.3, 0.4) is 0 Å². The summed E-state index contributed by atoms with van der Waals surface area (Å²) in [6, 6.07) is 9.87. The number of benzene rings is 1. The number of rotatable bonds is 1. The fraction of sp³-hybridized carbons (Fsp3) is 0. The maximum absolute atomic E-state index is 5.59. The quantitative estimate of drug-likeness (QED) is 0.690. The number of halogens is 2. The minimum atomic E-state index is -1.74. The van der Waals surface area contributed by atoms with Crippen LogP contribution in [-0.4, -0.2) is 4.26 Å². The van der Waals surface area contributed by atoms with Crippen molar-refractivity contribution >= 4 is 29.7 Å². The molecule has 0 N–H and O–H groups in total. The van der Waals surface area contributed by atoms with Crippen molar-refractivity contribution in [2.75, 3.05) is 0 Å². The van der Waals surface area contributed by atoms with E-state index in [9.17, 15) is 0 Å². The Morgan fingerprint density at radius 3 is 2.36 bits per heavy atom. The monoisotopic (exact) mass is 274 g/mol. The molecular formula is C8H6Cl2Ru. The van der Waals surface area contributed by atoms with E-state index >= 15 is 0 Å². The van der Waals surface area contributed by atoms with E-state index in [1.54, 1.807) is 0 Å². The molecule has 0 aliphatic rings. The topological polar surface area (TPSA) is 0 Å². The Bertz CT molecular complexity index is 282. The summed E-state index contributed by atoms with van der Waals surface area (Å²) in [5.74, 6) is 0. The third-order valence-electron chi connectivity index (χ3n) is 1.09. The van der Waals surface area contributed by atoms with Crippen molar-refractivity contribution in [1.29, 1.82) is 0 Å². The molecule has 0 saturated heterocycles. The Kier molecular flexibility index (Phi) is 4.04. The van der Waals surface area contributed by atoms with Gasteiger partial charge in [-0.15, -0.1) is 0 Å². The molecule has 0 bridgehead atoms. The first-order chi connectivity index (χ1) is 5.29. The van der Waals surface area contributed by atoms with Crippen LogP contribution in [0.2, 0.25) is 0 Å². The van der Waals surface area contributed by atoms with Crippen LogP contribution in [-0.2, 0) is 13.5 Å². The first-order valence-corrected chi connectivity index (χ1v) is 8.28. The predicted octanol–water partition coefficient (Wildman–Crippen LogP) is 3.03. The van der Waals surface area contributed by atoms with Gasteiger partial charge in [-0.3, -0.25) is 0 Å². The van der Waals surface area contributed by atoms with Crippen molar-refractivity contribution in [1.82, 2.24) is 0 Å². The van der Waals surface area contributed by atoms with Crippen LogP contribution in [0.4, 0.5) is 0 Å². The molecule has 0 heterocycles. The van der Waals surface area contributed by atoms with Crippen LogP contribution >= 0.6 is 19.4 Å². The second-order valence-corrected chi connectivity index (χ2v) is 7.22. The average Bonchev–Trinajstić information content (AvgIpc) is 2.03. The van der Waals surface area contributed by atoms with Gasteiger partial charge in [0.2, 0.25) is 0 Å². The molecule has 0 fully saturated rings. The van der Waals surface area contributed by atoms with Gasteiger partial charge in [-0.05, 0) is 0 Å². The summed E-state index contributed by atoms with van der Waals surface area (Å²) in [5.41, 5.74) is 1.09. The van der Waals surface area contributed by atoms with Crippen molar-refractivity contribution in [3.8, 4) is 0 Å². The Labute approximate surface area is 79.0 Å². The molecule has 0 aliphatic heterocycles. The van der Waals surface area contributed by atoms with Crippen LogP contribution in [0.1, 0.15) is 5.56 Å². The van der Waals surface area contributed by atoms with Gasteiger partial charge in [-0.2, -0.15) is 0 Å². The Morgan fingerprint density at radius 1 is 1.18 bits per heavy atom. The van der Waals surface area contributed by atoms with Crippen molar-refractivity contribution < 1.29 is 13.5 Å². The molecule has 0 saturated carbocycles. The first-order valence-electron chi connectivity index (χ1n) is 2.93. The SMILES string of the molecule is [Cl][Ru]([Cl])=[C]=Cc1ccccc1. The molecule has 0 spiro atoms. The zero-order valence-corrected chi connectivity index (χ0v) is 8.82. The molecule has 0 aromatic heterocycles. The molecule has 0 unspecified atom stereocenters. The molecule has 0 aliphatic carbocycles. The Hall–Kier alpha value is 0.0734. The molecule has 0 radical (unpaired) electrons. The zero-order valence-electron chi connectivity index (χ0n) is 5.57. The van der Waals surface area contributed by atoms with Gasteiger partial charge in [0.25, 0.3) is 0 Å². The first kappa shape index (κ1) is 9.16. The van der Waals surface area contributed by atoms with Crippen LogP contribution in [0, 0.1) is 0 Å². The van der Waals surface area contributed by atoms with Gasteiger partial charge < -0.3 is 0 Å². The van der Waals surface area contributed by atoms with Gasteiger partial charge >= 0.3 is 79.1 Å². The summed E-state index contributed by atoms with van der Waals surface area (Å²) >= 11 is -1.74. The van der Waals surface area contributed by atoms with E-state index in [4.69, 9.17) is 19.4 Å². The van der Waals surface area contributed by atoms with Crippen molar-refractivity contribution in [2.24, 2.45) is 0 Å². The van der Waals surface area contributed by atoms with Crippen LogP contribution in [0.5, 0.6) is 0 Å². The normalized spacial score (nSPS) is 10.2. The molecular weight excluding hydrogens is 268 g/mol. The van der Waals surface area contributed by atoms with E-state index in [1.807, 2.05) is 36.4 Å². The maximum atomic E-state index is 5.59. The fourth-order valence-electron chi connectivity index (χ4n) is 0.647. The van der Waals surface area contributed by atoms with Gasteiger partial charge in [0.05, 0.1) is 0 Å². The van der Waals surface area contributed by atoms with Crippen molar-refractivity contribution in [3.63, 3.8) is 0 Å². The van der Waals surface area contributed by atoms with E-state index in [-0.39, 0.29) is 0 Å². The summed E-state index contributed by atoms with van der Waals surface area (Å²) in [7, 11) is 11.2. The summed E-state index contributed by atoms with van der Waals surface area (Å²) in [6.07, 6.45) is 1.83. The minimum absolute atomic E-state index is 1.09. The van der Waals surface area contributed by atoms with Crippen molar-refractivity contribution in [2.45, 2.75) is 0 Å². The number of hydrogen-bond donors (Lipinski definition) is 0. The zero-order chi connectivity index (χ0) is 8.10. The standard InChI is InChI=1S/C8H6.2ClH.Ru/c1-2-8-6-4-3-5-7-8;;;/h2-7H;2*1H;/q;;;+2/p-2.